The molecule has 2 aliphatic rings. The second-order valence-corrected chi connectivity index (χ2v) is 9.88. The number of thiophene rings is 1. The van der Waals surface area contributed by atoms with Gasteiger partial charge >= 0.3 is 18.2 Å². The Morgan fingerprint density at radius 1 is 1.28 bits per heavy atom. The van der Waals surface area contributed by atoms with E-state index in [4.69, 9.17) is 9.90 Å². The highest BCUT2D eigenvalue weighted by atomic mass is 32.1. The molecule has 0 saturated carbocycles. The number of nitrogens with one attached hydrogen (secondary N) is 2. The number of carboxylic acids is 1. The molecule has 0 aromatic carbocycles. The molecule has 0 bridgehead atoms. The van der Waals surface area contributed by atoms with E-state index in [1.54, 1.807) is 0 Å². The van der Waals surface area contributed by atoms with E-state index in [0.717, 1.165) is 19.6 Å². The van der Waals surface area contributed by atoms with Gasteiger partial charge in [0.1, 0.15) is 0 Å². The molecule has 0 aliphatic carbocycles. The number of carbonyl (C=O) groups is 3. The number of carbonyl (C=O) groups excluding carboxylic acids is 2. The lowest BCUT2D eigenvalue weighted by Crippen LogP contribution is -2.48. The zero-order chi connectivity index (χ0) is 24.1. The van der Waals surface area contributed by atoms with Gasteiger partial charge < -0.3 is 20.6 Å². The molecule has 1 aromatic rings. The molecule has 2 saturated heterocycles. The average Bonchev–Trinajstić information content (AvgIpc) is 3.17. The Bertz CT molecular complexity index is 830. The highest BCUT2D eigenvalue weighted by Gasteiger charge is 2.44. The molecule has 1 unspecified atom stereocenters. The minimum absolute atomic E-state index is 0.0254. The van der Waals surface area contributed by atoms with Gasteiger partial charge in [0.15, 0.2) is 0 Å². The van der Waals surface area contributed by atoms with E-state index >= 15 is 0 Å². The SMILES string of the molecule is Cc1ccc(CN2CCN(C(=O)NC(C)C)CC3(CNC(=O)C3)C2)s1.O=C(O)C(F)(F)F. The second kappa shape index (κ2) is 10.5. The van der Waals surface area contributed by atoms with Crippen LogP contribution in [0.4, 0.5) is 18.0 Å². The largest absolute Gasteiger partial charge is 0.490 e. The van der Waals surface area contributed by atoms with E-state index in [9.17, 15) is 22.8 Å². The van der Waals surface area contributed by atoms with Crippen LogP contribution >= 0.6 is 11.3 Å². The van der Waals surface area contributed by atoms with Gasteiger partial charge in [-0.25, -0.2) is 9.59 Å². The number of amides is 3. The predicted octanol–water partition coefficient (Wildman–Crippen LogP) is 2.43. The maximum Gasteiger partial charge on any atom is 0.490 e. The van der Waals surface area contributed by atoms with Crippen molar-refractivity contribution in [3.63, 3.8) is 0 Å². The average molecular weight is 479 g/mol. The van der Waals surface area contributed by atoms with Crippen LogP contribution in [0, 0.1) is 12.3 Å². The number of hydrogen-bond donors (Lipinski definition) is 3. The highest BCUT2D eigenvalue weighted by Crippen LogP contribution is 2.32. The molecule has 0 radical (unpaired) electrons. The number of rotatable bonds is 3. The fraction of sp³-hybridized carbons (Fsp3) is 0.650. The van der Waals surface area contributed by atoms with E-state index < -0.39 is 12.1 Å². The molecule has 3 heterocycles. The number of aliphatic carboxylic acids is 1. The number of nitrogens with zero attached hydrogens (tertiary/aromatic N) is 2. The normalized spacial score (nSPS) is 21.7. The molecule has 12 heteroatoms. The van der Waals surface area contributed by atoms with Crippen molar-refractivity contribution in [2.24, 2.45) is 5.41 Å². The highest BCUT2D eigenvalue weighted by molar-refractivity contribution is 7.11. The monoisotopic (exact) mass is 478 g/mol. The molecule has 1 aromatic heterocycles. The van der Waals surface area contributed by atoms with Gasteiger partial charge in [-0.2, -0.15) is 13.2 Å². The van der Waals surface area contributed by atoms with Crippen LogP contribution in [0.2, 0.25) is 0 Å². The fourth-order valence-electron chi connectivity index (χ4n) is 3.76. The van der Waals surface area contributed by atoms with E-state index in [1.807, 2.05) is 30.1 Å². The predicted molar refractivity (Wildman–Crippen MR) is 113 cm³/mol. The van der Waals surface area contributed by atoms with Crippen molar-refractivity contribution >= 4 is 29.2 Å². The van der Waals surface area contributed by atoms with Gasteiger partial charge in [-0.1, -0.05) is 0 Å². The zero-order valence-electron chi connectivity index (χ0n) is 18.3. The summed E-state index contributed by atoms with van der Waals surface area (Å²) in [6.45, 7) is 10.6. The summed E-state index contributed by atoms with van der Waals surface area (Å²) in [6.07, 6.45) is -4.58. The Morgan fingerprint density at radius 3 is 2.41 bits per heavy atom. The quantitative estimate of drug-likeness (QED) is 0.620. The van der Waals surface area contributed by atoms with E-state index in [2.05, 4.69) is 34.6 Å². The molecule has 1 spiro atoms. The third kappa shape index (κ3) is 7.66. The summed E-state index contributed by atoms with van der Waals surface area (Å²) in [6, 6.07) is 4.41. The Labute approximate surface area is 188 Å². The Hall–Kier alpha value is -2.34. The van der Waals surface area contributed by atoms with Crippen molar-refractivity contribution in [1.82, 2.24) is 20.4 Å². The van der Waals surface area contributed by atoms with Crippen LogP contribution in [0.3, 0.4) is 0 Å². The molecule has 32 heavy (non-hydrogen) atoms. The number of carboxylic acid groups (broad SMARTS) is 1. The first kappa shape index (κ1) is 25.9. The lowest BCUT2D eigenvalue weighted by atomic mass is 9.86. The minimum Gasteiger partial charge on any atom is -0.475 e. The van der Waals surface area contributed by atoms with Crippen molar-refractivity contribution < 1.29 is 32.7 Å². The van der Waals surface area contributed by atoms with E-state index in [-0.39, 0.29) is 23.4 Å². The number of halogens is 3. The summed E-state index contributed by atoms with van der Waals surface area (Å²) in [7, 11) is 0. The van der Waals surface area contributed by atoms with Crippen molar-refractivity contribution in [2.45, 2.75) is 46.0 Å². The second-order valence-electron chi connectivity index (χ2n) is 8.51. The maximum absolute atomic E-state index is 12.5. The summed E-state index contributed by atoms with van der Waals surface area (Å²) in [5.41, 5.74) is -0.186. The molecule has 2 aliphatic heterocycles. The standard InChI is InChI=1S/C18H28N4O2S.C2HF3O2/c1-13(2)20-17(24)22-7-6-21(9-15-5-4-14(3)25-15)11-18(12-22)8-16(23)19-10-18;3-2(4,5)1(6)7/h4-5,13H,6-12H2,1-3H3,(H,19,23)(H,20,24);(H,6,7). The number of urea groups is 1. The molecule has 180 valence electrons. The molecule has 3 amide bonds. The first-order valence-corrected chi connectivity index (χ1v) is 11.0. The third-order valence-electron chi connectivity index (χ3n) is 5.08. The summed E-state index contributed by atoms with van der Waals surface area (Å²) in [5.74, 6) is -2.66. The zero-order valence-corrected chi connectivity index (χ0v) is 19.1. The van der Waals surface area contributed by atoms with Gasteiger partial charge in [0.05, 0.1) is 0 Å². The molecule has 3 rings (SSSR count). The lowest BCUT2D eigenvalue weighted by Gasteiger charge is -2.33. The van der Waals surface area contributed by atoms with Gasteiger partial charge in [0, 0.05) is 66.9 Å². The maximum atomic E-state index is 12.5. The van der Waals surface area contributed by atoms with Gasteiger partial charge in [-0.05, 0) is 32.9 Å². The smallest absolute Gasteiger partial charge is 0.475 e. The van der Waals surface area contributed by atoms with E-state index in [0.29, 0.717) is 26.1 Å². The van der Waals surface area contributed by atoms with Crippen molar-refractivity contribution in [1.29, 1.82) is 0 Å². The Kier molecular flexibility index (Phi) is 8.52. The fourth-order valence-corrected chi connectivity index (χ4v) is 4.69. The van der Waals surface area contributed by atoms with Crippen LogP contribution in [-0.4, -0.2) is 77.8 Å². The Morgan fingerprint density at radius 2 is 1.94 bits per heavy atom. The minimum atomic E-state index is -5.08. The van der Waals surface area contributed by atoms with Crippen molar-refractivity contribution in [3.05, 3.63) is 21.9 Å². The molecular weight excluding hydrogens is 449 g/mol. The molecule has 2 fully saturated rings. The third-order valence-corrected chi connectivity index (χ3v) is 6.07. The summed E-state index contributed by atoms with van der Waals surface area (Å²) < 4.78 is 31.7. The lowest BCUT2D eigenvalue weighted by molar-refractivity contribution is -0.192. The van der Waals surface area contributed by atoms with E-state index in [1.165, 1.54) is 9.75 Å². The van der Waals surface area contributed by atoms with Crippen LogP contribution in [-0.2, 0) is 16.1 Å². The van der Waals surface area contributed by atoms with Crippen molar-refractivity contribution in [3.8, 4) is 0 Å². The summed E-state index contributed by atoms with van der Waals surface area (Å²) in [5, 5.41) is 13.1. The first-order chi connectivity index (χ1) is 14.8. The molecular formula is C20H29F3N4O4S. The Balaban J connectivity index is 0.000000451. The van der Waals surface area contributed by atoms with Crippen LogP contribution < -0.4 is 10.6 Å². The van der Waals surface area contributed by atoms with Gasteiger partial charge in [-0.3, -0.25) is 9.69 Å². The topological polar surface area (TPSA) is 102 Å². The number of hydrogen-bond acceptors (Lipinski definition) is 5. The molecule has 8 nitrogen and oxygen atoms in total. The number of alkyl halides is 3. The summed E-state index contributed by atoms with van der Waals surface area (Å²) in [4.78, 5) is 40.3. The van der Waals surface area contributed by atoms with Gasteiger partial charge in [0.2, 0.25) is 5.91 Å². The number of aryl methyl sites for hydroxylation is 1. The van der Waals surface area contributed by atoms with Crippen LogP contribution in [0.25, 0.3) is 0 Å². The van der Waals surface area contributed by atoms with Crippen LogP contribution in [0.5, 0.6) is 0 Å². The summed E-state index contributed by atoms with van der Waals surface area (Å²) >= 11 is 1.82. The van der Waals surface area contributed by atoms with Gasteiger partial charge in [-0.15, -0.1) is 11.3 Å². The van der Waals surface area contributed by atoms with Crippen molar-refractivity contribution in [2.75, 3.05) is 32.7 Å². The molecule has 3 N–H and O–H groups in total. The van der Waals surface area contributed by atoms with Gasteiger partial charge in [0.25, 0.3) is 0 Å². The van der Waals surface area contributed by atoms with Crippen LogP contribution in [0.1, 0.15) is 30.0 Å². The first-order valence-electron chi connectivity index (χ1n) is 10.2. The van der Waals surface area contributed by atoms with Crippen LogP contribution in [0.15, 0.2) is 12.1 Å². The molecule has 1 atom stereocenters.